The molecule has 0 heterocycles. The zero-order valence-electron chi connectivity index (χ0n) is 9.51. The molecule has 18 heavy (non-hydrogen) atoms. The number of halogens is 3. The first-order valence-electron chi connectivity index (χ1n) is 5.25. The number of aryl methyl sites for hydroxylation is 1. The van der Waals surface area contributed by atoms with Gasteiger partial charge in [0.15, 0.2) is 5.78 Å². The molecule has 0 saturated heterocycles. The van der Waals surface area contributed by atoms with Crippen molar-refractivity contribution >= 4 is 29.0 Å². The van der Waals surface area contributed by atoms with Crippen LogP contribution in [-0.2, 0) is 0 Å². The van der Waals surface area contributed by atoms with Crippen molar-refractivity contribution in [2.24, 2.45) is 0 Å². The molecule has 1 nitrogen and oxygen atoms in total. The summed E-state index contributed by atoms with van der Waals surface area (Å²) in [6.07, 6.45) is 0. The van der Waals surface area contributed by atoms with E-state index in [1.807, 2.05) is 0 Å². The largest absolute Gasteiger partial charge is 0.288 e. The van der Waals surface area contributed by atoms with Crippen molar-refractivity contribution in [2.45, 2.75) is 6.92 Å². The Morgan fingerprint density at radius 2 is 1.78 bits per heavy atom. The number of hydrogen-bond acceptors (Lipinski definition) is 1. The summed E-state index contributed by atoms with van der Waals surface area (Å²) in [4.78, 5) is 12.1. The second-order valence-electron chi connectivity index (χ2n) is 3.94. The highest BCUT2D eigenvalue weighted by atomic mass is 35.5. The van der Waals surface area contributed by atoms with Gasteiger partial charge in [-0.1, -0.05) is 29.3 Å². The van der Waals surface area contributed by atoms with E-state index < -0.39 is 11.6 Å². The Morgan fingerprint density at radius 3 is 2.39 bits per heavy atom. The number of rotatable bonds is 2. The lowest BCUT2D eigenvalue weighted by molar-refractivity contribution is 0.103. The number of ketones is 1. The second-order valence-corrected chi connectivity index (χ2v) is 4.76. The third kappa shape index (κ3) is 2.55. The van der Waals surface area contributed by atoms with Crippen molar-refractivity contribution < 1.29 is 9.18 Å². The van der Waals surface area contributed by atoms with Gasteiger partial charge < -0.3 is 0 Å². The lowest BCUT2D eigenvalue weighted by Crippen LogP contribution is -2.04. The predicted octanol–water partition coefficient (Wildman–Crippen LogP) is 4.67. The maximum absolute atomic E-state index is 13.7. The Bertz CT molecular complexity index is 623. The van der Waals surface area contributed by atoms with E-state index in [0.717, 1.165) is 5.56 Å². The Labute approximate surface area is 114 Å². The fourth-order valence-corrected chi connectivity index (χ4v) is 1.90. The Balaban J connectivity index is 2.44. The minimum atomic E-state index is -0.536. The molecule has 0 aliphatic rings. The summed E-state index contributed by atoms with van der Waals surface area (Å²) in [6.45, 7) is 1.76. The van der Waals surface area contributed by atoms with Gasteiger partial charge in [-0.25, -0.2) is 4.39 Å². The van der Waals surface area contributed by atoms with Gasteiger partial charge in [0.1, 0.15) is 5.82 Å². The Morgan fingerprint density at radius 1 is 1.06 bits per heavy atom. The van der Waals surface area contributed by atoms with Crippen molar-refractivity contribution in [3.05, 3.63) is 69.0 Å². The number of benzene rings is 2. The Hall–Kier alpha value is -1.38. The first-order chi connectivity index (χ1) is 8.49. The van der Waals surface area contributed by atoms with E-state index in [1.165, 1.54) is 30.3 Å². The summed E-state index contributed by atoms with van der Waals surface area (Å²) in [5.41, 5.74) is 1.10. The van der Waals surface area contributed by atoms with Gasteiger partial charge in [-0.15, -0.1) is 0 Å². The molecule has 92 valence electrons. The molecule has 0 aromatic heterocycles. The summed E-state index contributed by atoms with van der Waals surface area (Å²) in [5.74, 6) is -0.947. The van der Waals surface area contributed by atoms with Gasteiger partial charge in [-0.3, -0.25) is 4.79 Å². The van der Waals surface area contributed by atoms with Gasteiger partial charge in [-0.05, 0) is 42.8 Å². The molecule has 4 heteroatoms. The molecule has 0 spiro atoms. The van der Waals surface area contributed by atoms with Crippen LogP contribution in [0.5, 0.6) is 0 Å². The topological polar surface area (TPSA) is 17.1 Å². The van der Waals surface area contributed by atoms with E-state index in [9.17, 15) is 9.18 Å². The first kappa shape index (κ1) is 13.1. The third-order valence-corrected chi connectivity index (χ3v) is 3.29. The molecule has 0 fully saturated rings. The van der Waals surface area contributed by atoms with Crippen LogP contribution in [0.1, 0.15) is 21.5 Å². The fourth-order valence-electron chi connectivity index (χ4n) is 1.60. The maximum Gasteiger partial charge on any atom is 0.196 e. The van der Waals surface area contributed by atoms with Crippen LogP contribution < -0.4 is 0 Å². The minimum Gasteiger partial charge on any atom is -0.288 e. The minimum absolute atomic E-state index is 0.0268. The van der Waals surface area contributed by atoms with E-state index in [-0.39, 0.29) is 10.6 Å². The maximum atomic E-state index is 13.7. The highest BCUT2D eigenvalue weighted by Crippen LogP contribution is 2.24. The molecule has 0 atom stereocenters. The van der Waals surface area contributed by atoms with Crippen molar-refractivity contribution in [3.8, 4) is 0 Å². The summed E-state index contributed by atoms with van der Waals surface area (Å²) in [5, 5.41) is 0.632. The summed E-state index contributed by atoms with van der Waals surface area (Å²) in [6, 6.07) is 8.96. The molecular weight excluding hydrogens is 274 g/mol. The first-order valence-corrected chi connectivity index (χ1v) is 6.00. The number of carbonyl (C=O) groups is 1. The van der Waals surface area contributed by atoms with Crippen molar-refractivity contribution in [1.29, 1.82) is 0 Å². The van der Waals surface area contributed by atoms with Crippen LogP contribution in [0.15, 0.2) is 36.4 Å². The van der Waals surface area contributed by atoms with Crippen LogP contribution >= 0.6 is 23.2 Å². The van der Waals surface area contributed by atoms with Crippen LogP contribution in [0.4, 0.5) is 4.39 Å². The van der Waals surface area contributed by atoms with Gasteiger partial charge in [-0.2, -0.15) is 0 Å². The quantitative estimate of drug-likeness (QED) is 0.732. The van der Waals surface area contributed by atoms with Gasteiger partial charge >= 0.3 is 0 Å². The van der Waals surface area contributed by atoms with Gasteiger partial charge in [0.05, 0.1) is 15.6 Å². The molecule has 2 rings (SSSR count). The third-order valence-electron chi connectivity index (χ3n) is 2.55. The average Bonchev–Trinajstić information content (AvgIpc) is 2.32. The van der Waals surface area contributed by atoms with Gasteiger partial charge in [0, 0.05) is 5.56 Å². The van der Waals surface area contributed by atoms with Crippen molar-refractivity contribution in [3.63, 3.8) is 0 Å². The van der Waals surface area contributed by atoms with Crippen LogP contribution in [-0.4, -0.2) is 5.78 Å². The van der Waals surface area contributed by atoms with Crippen molar-refractivity contribution in [2.75, 3.05) is 0 Å². The zero-order valence-corrected chi connectivity index (χ0v) is 11.0. The zero-order chi connectivity index (χ0) is 13.3. The van der Waals surface area contributed by atoms with Crippen LogP contribution in [0.3, 0.4) is 0 Å². The highest BCUT2D eigenvalue weighted by molar-refractivity contribution is 6.42. The number of hydrogen-bond donors (Lipinski definition) is 0. The Kier molecular flexibility index (Phi) is 3.69. The molecule has 0 bridgehead atoms. The molecule has 0 unspecified atom stereocenters. The highest BCUT2D eigenvalue weighted by Gasteiger charge is 2.14. The van der Waals surface area contributed by atoms with Crippen LogP contribution in [0.2, 0.25) is 10.0 Å². The molecule has 0 aliphatic heterocycles. The summed E-state index contributed by atoms with van der Waals surface area (Å²) in [7, 11) is 0. The van der Waals surface area contributed by atoms with Crippen LogP contribution in [0, 0.1) is 12.7 Å². The van der Waals surface area contributed by atoms with E-state index in [1.54, 1.807) is 13.0 Å². The molecule has 0 radical (unpaired) electrons. The van der Waals surface area contributed by atoms with Gasteiger partial charge in [0.2, 0.25) is 0 Å². The monoisotopic (exact) mass is 282 g/mol. The summed E-state index contributed by atoms with van der Waals surface area (Å²) >= 11 is 11.6. The second kappa shape index (κ2) is 5.09. The van der Waals surface area contributed by atoms with Crippen molar-refractivity contribution in [1.82, 2.24) is 0 Å². The van der Waals surface area contributed by atoms with Gasteiger partial charge in [0.25, 0.3) is 0 Å². The predicted molar refractivity (Wildman–Crippen MR) is 71.0 cm³/mol. The molecule has 0 aliphatic carbocycles. The lowest BCUT2D eigenvalue weighted by atomic mass is 10.0. The molecule has 2 aromatic carbocycles. The molecular formula is C14H9Cl2FO. The van der Waals surface area contributed by atoms with E-state index in [2.05, 4.69) is 0 Å². The lowest BCUT2D eigenvalue weighted by Gasteiger charge is -2.05. The number of carbonyl (C=O) groups excluding carboxylic acids is 1. The molecule has 0 N–H and O–H groups in total. The molecule has 0 saturated carbocycles. The standard InChI is InChI=1S/C14H9Cl2FO/c1-8-2-4-10(13(17)6-8)14(18)9-3-5-11(15)12(16)7-9/h2-7H,1H3. The van der Waals surface area contributed by atoms with E-state index in [4.69, 9.17) is 23.2 Å². The molecule has 2 aromatic rings. The van der Waals surface area contributed by atoms with E-state index >= 15 is 0 Å². The summed E-state index contributed by atoms with van der Waals surface area (Å²) < 4.78 is 13.7. The normalized spacial score (nSPS) is 10.4. The average molecular weight is 283 g/mol. The smallest absolute Gasteiger partial charge is 0.196 e. The fraction of sp³-hybridized carbons (Fsp3) is 0.0714. The van der Waals surface area contributed by atoms with E-state index in [0.29, 0.717) is 10.6 Å². The SMILES string of the molecule is Cc1ccc(C(=O)c2ccc(Cl)c(Cl)c2)c(F)c1. The van der Waals surface area contributed by atoms with Crippen LogP contribution in [0.25, 0.3) is 0 Å². The molecule has 0 amide bonds.